The highest BCUT2D eigenvalue weighted by molar-refractivity contribution is 6.32. The molecule has 6 nitrogen and oxygen atoms in total. The topological polar surface area (TPSA) is 65.4 Å². The molecule has 1 heterocycles. The van der Waals surface area contributed by atoms with Crippen molar-refractivity contribution in [3.63, 3.8) is 0 Å². The predicted octanol–water partition coefficient (Wildman–Crippen LogP) is 6.24. The van der Waals surface area contributed by atoms with Crippen LogP contribution in [-0.2, 0) is 11.0 Å². The van der Waals surface area contributed by atoms with Crippen molar-refractivity contribution in [1.82, 2.24) is 9.78 Å². The minimum Gasteiger partial charge on any atom is -0.496 e. The van der Waals surface area contributed by atoms with Crippen molar-refractivity contribution in [3.8, 4) is 28.4 Å². The van der Waals surface area contributed by atoms with Crippen molar-refractivity contribution >= 4 is 23.2 Å². The third kappa shape index (κ3) is 5.58. The Morgan fingerprint density at radius 3 is 2.43 bits per heavy atom. The first-order valence-corrected chi connectivity index (χ1v) is 10.7. The van der Waals surface area contributed by atoms with E-state index in [1.165, 1.54) is 19.2 Å². The van der Waals surface area contributed by atoms with Gasteiger partial charge in [0, 0.05) is 23.4 Å². The zero-order chi connectivity index (χ0) is 25.0. The van der Waals surface area contributed by atoms with Crippen LogP contribution in [-0.4, -0.2) is 29.4 Å². The van der Waals surface area contributed by atoms with Gasteiger partial charge in [0.25, 0.3) is 5.91 Å². The van der Waals surface area contributed by atoms with Crippen LogP contribution in [0.3, 0.4) is 0 Å². The maximum Gasteiger partial charge on any atom is 0.435 e. The quantitative estimate of drug-likeness (QED) is 0.326. The number of benzene rings is 3. The van der Waals surface area contributed by atoms with Gasteiger partial charge in [0.05, 0.1) is 17.8 Å². The maximum atomic E-state index is 13.3. The lowest BCUT2D eigenvalue weighted by molar-refractivity contribution is -0.141. The Morgan fingerprint density at radius 1 is 1.03 bits per heavy atom. The first-order valence-electron chi connectivity index (χ1n) is 10.3. The van der Waals surface area contributed by atoms with E-state index in [0.29, 0.717) is 17.5 Å². The van der Waals surface area contributed by atoms with Crippen LogP contribution in [0.5, 0.6) is 11.6 Å². The number of amides is 1. The summed E-state index contributed by atoms with van der Waals surface area (Å²) in [5.41, 5.74) is 1.23. The van der Waals surface area contributed by atoms with Gasteiger partial charge in [-0.2, -0.15) is 23.0 Å². The predicted molar refractivity (Wildman–Crippen MR) is 126 cm³/mol. The van der Waals surface area contributed by atoms with Crippen LogP contribution in [0.4, 0.5) is 18.9 Å². The van der Waals surface area contributed by atoms with Gasteiger partial charge in [0.1, 0.15) is 5.75 Å². The molecular weight excluding hydrogens is 483 g/mol. The molecule has 180 valence electrons. The summed E-state index contributed by atoms with van der Waals surface area (Å²) < 4.78 is 51.5. The van der Waals surface area contributed by atoms with E-state index in [9.17, 15) is 18.0 Å². The number of hydrogen-bond donors (Lipinski definition) is 1. The molecule has 1 amide bonds. The number of carbonyl (C=O) groups excluding carboxylic acids is 1. The number of aromatic nitrogens is 2. The van der Waals surface area contributed by atoms with E-state index in [1.807, 2.05) is 30.3 Å². The van der Waals surface area contributed by atoms with E-state index in [1.54, 1.807) is 30.3 Å². The van der Waals surface area contributed by atoms with Crippen molar-refractivity contribution in [3.05, 3.63) is 89.6 Å². The molecule has 0 saturated carbocycles. The van der Waals surface area contributed by atoms with Gasteiger partial charge in [-0.15, -0.1) is 0 Å². The summed E-state index contributed by atoms with van der Waals surface area (Å²) >= 11 is 6.12. The molecule has 35 heavy (non-hydrogen) atoms. The summed E-state index contributed by atoms with van der Waals surface area (Å²) in [6.45, 7) is -0.559. The van der Waals surface area contributed by atoms with Gasteiger partial charge in [-0.3, -0.25) is 4.79 Å². The molecule has 0 spiro atoms. The van der Waals surface area contributed by atoms with Gasteiger partial charge < -0.3 is 14.8 Å². The molecule has 0 saturated heterocycles. The summed E-state index contributed by atoms with van der Waals surface area (Å²) in [5.74, 6) is -0.320. The normalized spacial score (nSPS) is 11.2. The number of para-hydroxylation sites is 1. The van der Waals surface area contributed by atoms with Crippen LogP contribution >= 0.6 is 11.6 Å². The molecule has 0 unspecified atom stereocenters. The second-order valence-corrected chi connectivity index (χ2v) is 7.75. The molecule has 1 N–H and O–H groups in total. The van der Waals surface area contributed by atoms with Gasteiger partial charge >= 0.3 is 6.18 Å². The standard InChI is InChI=1S/C25H19ClF3N3O3/c1-34-21-13-17(11-12-18(21)16-7-3-2-4-8-16)30-23(33)15-35-24-14-22(25(27,28)29)31-32(24)20-10-6-5-9-19(20)26/h2-14H,15H2,1H3,(H,30,33). The monoisotopic (exact) mass is 501 g/mol. The summed E-state index contributed by atoms with van der Waals surface area (Å²) in [4.78, 5) is 12.5. The molecule has 4 rings (SSSR count). The lowest BCUT2D eigenvalue weighted by Gasteiger charge is -2.13. The van der Waals surface area contributed by atoms with Crippen LogP contribution in [0.25, 0.3) is 16.8 Å². The first-order chi connectivity index (χ1) is 16.8. The summed E-state index contributed by atoms with van der Waals surface area (Å²) in [7, 11) is 1.52. The molecule has 0 atom stereocenters. The average Bonchev–Trinajstić information content (AvgIpc) is 3.28. The minimum absolute atomic E-state index is 0.171. The van der Waals surface area contributed by atoms with Crippen LogP contribution in [0.1, 0.15) is 5.69 Å². The van der Waals surface area contributed by atoms with Gasteiger partial charge in [-0.1, -0.05) is 54.1 Å². The summed E-state index contributed by atoms with van der Waals surface area (Å²) in [5, 5.41) is 6.39. The highest BCUT2D eigenvalue weighted by Gasteiger charge is 2.36. The number of alkyl halides is 3. The van der Waals surface area contributed by atoms with E-state index < -0.39 is 24.4 Å². The van der Waals surface area contributed by atoms with Crippen LogP contribution in [0, 0.1) is 0 Å². The number of nitrogens with one attached hydrogen (secondary N) is 1. The highest BCUT2D eigenvalue weighted by atomic mass is 35.5. The van der Waals surface area contributed by atoms with Crippen LogP contribution in [0.2, 0.25) is 5.02 Å². The Morgan fingerprint density at radius 2 is 1.74 bits per heavy atom. The number of anilines is 1. The van der Waals surface area contributed by atoms with Crippen LogP contribution in [0.15, 0.2) is 78.9 Å². The van der Waals surface area contributed by atoms with Crippen molar-refractivity contribution in [2.24, 2.45) is 0 Å². The number of carbonyl (C=O) groups is 1. The lowest BCUT2D eigenvalue weighted by atomic mass is 10.0. The summed E-state index contributed by atoms with van der Waals surface area (Å²) in [6.07, 6.45) is -4.70. The third-order valence-corrected chi connectivity index (χ3v) is 5.29. The van der Waals surface area contributed by atoms with E-state index in [0.717, 1.165) is 15.8 Å². The van der Waals surface area contributed by atoms with E-state index in [2.05, 4.69) is 10.4 Å². The molecule has 4 aromatic rings. The number of hydrogen-bond acceptors (Lipinski definition) is 4. The SMILES string of the molecule is COc1cc(NC(=O)COc2cc(C(F)(F)F)nn2-c2ccccc2Cl)ccc1-c1ccccc1. The molecule has 0 radical (unpaired) electrons. The molecular formula is C25H19ClF3N3O3. The Labute approximate surface area is 203 Å². The minimum atomic E-state index is -4.70. The zero-order valence-electron chi connectivity index (χ0n) is 18.3. The Bertz CT molecular complexity index is 1340. The number of nitrogens with zero attached hydrogens (tertiary/aromatic N) is 2. The molecule has 0 aliphatic heterocycles. The summed E-state index contributed by atoms with van der Waals surface area (Å²) in [6, 6.07) is 21.7. The van der Waals surface area contributed by atoms with E-state index >= 15 is 0 Å². The molecule has 1 aromatic heterocycles. The molecule has 3 aromatic carbocycles. The smallest absolute Gasteiger partial charge is 0.435 e. The largest absolute Gasteiger partial charge is 0.496 e. The average molecular weight is 502 g/mol. The fourth-order valence-electron chi connectivity index (χ4n) is 3.36. The van der Waals surface area contributed by atoms with Crippen molar-refractivity contribution in [2.75, 3.05) is 19.0 Å². The van der Waals surface area contributed by atoms with Crippen molar-refractivity contribution < 1.29 is 27.4 Å². The van der Waals surface area contributed by atoms with Crippen molar-refractivity contribution in [1.29, 1.82) is 0 Å². The number of rotatable bonds is 7. The third-order valence-electron chi connectivity index (χ3n) is 4.97. The lowest BCUT2D eigenvalue weighted by Crippen LogP contribution is -2.21. The molecule has 0 fully saturated rings. The number of methoxy groups -OCH3 is 1. The van der Waals surface area contributed by atoms with Crippen molar-refractivity contribution in [2.45, 2.75) is 6.18 Å². The fraction of sp³-hybridized carbons (Fsp3) is 0.120. The Kier molecular flexibility index (Phi) is 6.97. The molecule has 0 aliphatic rings. The van der Waals surface area contributed by atoms with Gasteiger partial charge in [0.15, 0.2) is 12.3 Å². The van der Waals surface area contributed by atoms with E-state index in [-0.39, 0.29) is 16.6 Å². The maximum absolute atomic E-state index is 13.3. The molecule has 0 bridgehead atoms. The van der Waals surface area contributed by atoms with Gasteiger partial charge in [0.2, 0.25) is 5.88 Å². The molecule has 10 heteroatoms. The van der Waals surface area contributed by atoms with Crippen LogP contribution < -0.4 is 14.8 Å². The van der Waals surface area contributed by atoms with Gasteiger partial charge in [-0.25, -0.2) is 0 Å². The van der Waals surface area contributed by atoms with Gasteiger partial charge in [-0.05, 0) is 29.8 Å². The number of ether oxygens (including phenoxy) is 2. The second kappa shape index (κ2) is 10.1. The Hall–Kier alpha value is -3.98. The zero-order valence-corrected chi connectivity index (χ0v) is 19.1. The second-order valence-electron chi connectivity index (χ2n) is 7.35. The fourth-order valence-corrected chi connectivity index (χ4v) is 3.58. The first kappa shape index (κ1) is 24.2. The highest BCUT2D eigenvalue weighted by Crippen LogP contribution is 2.34. The van der Waals surface area contributed by atoms with E-state index in [4.69, 9.17) is 21.1 Å². The molecule has 0 aliphatic carbocycles. The number of halogens is 4. The Balaban J connectivity index is 1.51.